The Morgan fingerprint density at radius 2 is 1.93 bits per heavy atom. The number of likely N-dealkylation sites (tertiary alicyclic amines) is 1. The van der Waals surface area contributed by atoms with E-state index in [0.717, 1.165) is 36.0 Å². The van der Waals surface area contributed by atoms with Crippen molar-refractivity contribution in [2.45, 2.75) is 64.7 Å². The largest absolute Gasteiger partial charge is 0.365 e. The van der Waals surface area contributed by atoms with Crippen molar-refractivity contribution in [1.82, 2.24) is 10.2 Å². The van der Waals surface area contributed by atoms with Crippen LogP contribution in [-0.4, -0.2) is 36.2 Å². The van der Waals surface area contributed by atoms with E-state index in [1.807, 2.05) is 31.7 Å². The van der Waals surface area contributed by atoms with Gasteiger partial charge in [0.25, 0.3) is 5.91 Å². The minimum absolute atomic E-state index is 0.0521. The van der Waals surface area contributed by atoms with Crippen molar-refractivity contribution in [3.63, 3.8) is 0 Å². The lowest BCUT2D eigenvalue weighted by Gasteiger charge is -2.26. The Labute approximate surface area is 173 Å². The minimum atomic E-state index is -0.365. The molecule has 0 radical (unpaired) electrons. The van der Waals surface area contributed by atoms with Gasteiger partial charge in [-0.1, -0.05) is 29.8 Å². The molecule has 1 N–H and O–H groups in total. The van der Waals surface area contributed by atoms with Gasteiger partial charge in [0, 0.05) is 23.2 Å². The summed E-state index contributed by atoms with van der Waals surface area (Å²) in [7, 11) is 0. The zero-order valence-electron chi connectivity index (χ0n) is 18.0. The van der Waals surface area contributed by atoms with Crippen molar-refractivity contribution in [2.24, 2.45) is 4.99 Å². The number of hydrogen-bond acceptors (Lipinski definition) is 4. The van der Waals surface area contributed by atoms with Crippen LogP contribution in [0.5, 0.6) is 0 Å². The summed E-state index contributed by atoms with van der Waals surface area (Å²) in [5, 5.41) is 3.48. The number of carbonyl (C=O) groups is 1. The predicted molar refractivity (Wildman–Crippen MR) is 116 cm³/mol. The van der Waals surface area contributed by atoms with E-state index in [2.05, 4.69) is 42.1 Å². The van der Waals surface area contributed by atoms with E-state index >= 15 is 0 Å². The van der Waals surface area contributed by atoms with E-state index in [4.69, 9.17) is 4.74 Å². The fourth-order valence-electron chi connectivity index (χ4n) is 4.55. The average molecular weight is 394 g/mol. The normalized spacial score (nSPS) is 24.8. The average Bonchev–Trinajstić information content (AvgIpc) is 3.14. The van der Waals surface area contributed by atoms with Crippen LogP contribution in [-0.2, 0) is 21.7 Å². The maximum atomic E-state index is 13.6. The number of ether oxygens (including phenoxy) is 1. The van der Waals surface area contributed by atoms with Gasteiger partial charge < -0.3 is 15.0 Å². The summed E-state index contributed by atoms with van der Waals surface area (Å²) in [4.78, 5) is 19.7. The van der Waals surface area contributed by atoms with Gasteiger partial charge in [0.1, 0.15) is 11.4 Å². The molecule has 1 spiro atoms. The molecule has 1 saturated heterocycles. The maximum absolute atomic E-state index is 13.6. The van der Waals surface area contributed by atoms with Crippen molar-refractivity contribution in [2.75, 3.05) is 13.1 Å². The Morgan fingerprint density at radius 1 is 1.21 bits per heavy atom. The third-order valence-electron chi connectivity index (χ3n) is 6.55. The highest BCUT2D eigenvalue weighted by molar-refractivity contribution is 5.98. The topological polar surface area (TPSA) is 53.9 Å². The van der Waals surface area contributed by atoms with Crippen molar-refractivity contribution < 1.29 is 9.53 Å². The Balaban J connectivity index is 1.59. The molecular weight excluding hydrogens is 362 g/mol. The van der Waals surface area contributed by atoms with Gasteiger partial charge >= 0.3 is 0 Å². The Bertz CT molecular complexity index is 922. The second kappa shape index (κ2) is 7.13. The van der Waals surface area contributed by atoms with Crippen LogP contribution in [0.3, 0.4) is 0 Å². The monoisotopic (exact) mass is 393 g/mol. The second-order valence-electron chi connectivity index (χ2n) is 9.11. The molecule has 0 aromatic heterocycles. The molecule has 154 valence electrons. The number of nitrogens with zero attached hydrogens (tertiary/aromatic N) is 2. The molecular formula is C24H31N3O2. The van der Waals surface area contributed by atoms with Gasteiger partial charge in [0.2, 0.25) is 0 Å². The van der Waals surface area contributed by atoms with Crippen LogP contribution in [0.4, 0.5) is 0 Å². The summed E-state index contributed by atoms with van der Waals surface area (Å²) >= 11 is 0. The van der Waals surface area contributed by atoms with Crippen LogP contribution >= 0.6 is 0 Å². The van der Waals surface area contributed by atoms with E-state index in [0.29, 0.717) is 25.5 Å². The van der Waals surface area contributed by atoms with Gasteiger partial charge in [0.15, 0.2) is 0 Å². The van der Waals surface area contributed by atoms with Crippen molar-refractivity contribution in [3.05, 3.63) is 57.9 Å². The highest BCUT2D eigenvalue weighted by Gasteiger charge is 2.47. The highest BCUT2D eigenvalue weighted by Crippen LogP contribution is 2.44. The van der Waals surface area contributed by atoms with Gasteiger partial charge in [0.05, 0.1) is 13.2 Å². The first-order valence-corrected chi connectivity index (χ1v) is 10.4. The number of benzene rings is 1. The van der Waals surface area contributed by atoms with Crippen molar-refractivity contribution >= 4 is 12.6 Å². The van der Waals surface area contributed by atoms with Crippen LogP contribution in [0.25, 0.3) is 0 Å². The van der Waals surface area contributed by atoms with Crippen LogP contribution < -0.4 is 5.32 Å². The quantitative estimate of drug-likeness (QED) is 0.466. The molecule has 1 unspecified atom stereocenters. The number of fused-ring (bicyclic) bond motifs is 2. The first-order chi connectivity index (χ1) is 13.8. The molecule has 2 heterocycles. The fraction of sp³-hybridized carbons (Fsp3) is 0.500. The minimum Gasteiger partial charge on any atom is -0.365 e. The number of nitrogens with one attached hydrogen (secondary N) is 1. The fourth-order valence-corrected chi connectivity index (χ4v) is 4.55. The van der Waals surface area contributed by atoms with Crippen LogP contribution in [0.2, 0.25) is 0 Å². The molecule has 29 heavy (non-hydrogen) atoms. The molecule has 4 rings (SSSR count). The molecule has 2 fully saturated rings. The standard InChI is InChI=1S/C24H31N3O2/c1-16(2)20(17(3)21(25-5)26-23(4)10-11-23)22(28)27-13-12-24(15-27)19-9-7-6-8-18(19)14-29-24/h6-9,26H,5,10-15H2,1-4H3/b21-17-. The lowest BCUT2D eigenvalue weighted by atomic mass is 9.91. The van der Waals surface area contributed by atoms with Crippen LogP contribution in [0, 0.1) is 0 Å². The van der Waals surface area contributed by atoms with Gasteiger partial charge in [-0.15, -0.1) is 0 Å². The van der Waals surface area contributed by atoms with Crippen LogP contribution in [0.1, 0.15) is 58.1 Å². The van der Waals surface area contributed by atoms with E-state index in [9.17, 15) is 4.79 Å². The van der Waals surface area contributed by atoms with E-state index in [-0.39, 0.29) is 17.0 Å². The lowest BCUT2D eigenvalue weighted by Crippen LogP contribution is -2.36. The summed E-state index contributed by atoms with van der Waals surface area (Å²) in [5.41, 5.74) is 4.77. The third kappa shape index (κ3) is 3.52. The molecule has 1 aromatic rings. The maximum Gasteiger partial charge on any atom is 0.254 e. The van der Waals surface area contributed by atoms with E-state index in [1.54, 1.807) is 0 Å². The molecule has 1 aromatic carbocycles. The highest BCUT2D eigenvalue weighted by atomic mass is 16.5. The van der Waals surface area contributed by atoms with Gasteiger partial charge in [-0.3, -0.25) is 4.79 Å². The van der Waals surface area contributed by atoms with E-state index in [1.165, 1.54) is 11.1 Å². The Hall–Kier alpha value is -2.40. The summed E-state index contributed by atoms with van der Waals surface area (Å²) in [6.07, 6.45) is 3.06. The number of hydrogen-bond donors (Lipinski definition) is 1. The number of aliphatic imine (C=N–C) groups is 1. The molecule has 5 heteroatoms. The Morgan fingerprint density at radius 3 is 2.59 bits per heavy atom. The number of allylic oxidation sites excluding steroid dienone is 1. The van der Waals surface area contributed by atoms with Crippen molar-refractivity contribution in [1.29, 1.82) is 0 Å². The molecule has 1 aliphatic carbocycles. The zero-order valence-corrected chi connectivity index (χ0v) is 18.0. The van der Waals surface area contributed by atoms with Gasteiger partial charge in [-0.25, -0.2) is 4.99 Å². The summed E-state index contributed by atoms with van der Waals surface area (Å²) in [6.45, 7) is 13.8. The first-order valence-electron chi connectivity index (χ1n) is 10.4. The van der Waals surface area contributed by atoms with Gasteiger partial charge in [-0.05, 0) is 64.8 Å². The van der Waals surface area contributed by atoms with Crippen LogP contribution in [0.15, 0.2) is 51.8 Å². The van der Waals surface area contributed by atoms with Crippen molar-refractivity contribution in [3.8, 4) is 0 Å². The summed E-state index contributed by atoms with van der Waals surface area (Å²) in [5.74, 6) is 0.766. The smallest absolute Gasteiger partial charge is 0.254 e. The molecule has 3 aliphatic rings. The summed E-state index contributed by atoms with van der Waals surface area (Å²) < 4.78 is 6.23. The number of rotatable bonds is 5. The first kappa shape index (κ1) is 19.9. The zero-order chi connectivity index (χ0) is 20.8. The molecule has 1 saturated carbocycles. The van der Waals surface area contributed by atoms with E-state index < -0.39 is 0 Å². The van der Waals surface area contributed by atoms with Gasteiger partial charge in [-0.2, -0.15) is 0 Å². The Kier molecular flexibility index (Phi) is 4.89. The third-order valence-corrected chi connectivity index (χ3v) is 6.55. The lowest BCUT2D eigenvalue weighted by molar-refractivity contribution is -0.127. The molecule has 1 amide bonds. The molecule has 1 atom stereocenters. The SMILES string of the molecule is C=N/C(NC1(C)CC1)=C(\C)C(C(=O)N1CCC2(C1)OCc1ccccc12)=C(C)C. The molecule has 2 aliphatic heterocycles. The second-order valence-corrected chi connectivity index (χ2v) is 9.11. The molecule has 5 nitrogen and oxygen atoms in total. The predicted octanol–water partition coefficient (Wildman–Crippen LogP) is 4.06. The number of amides is 1. The number of carbonyl (C=O) groups excluding carboxylic acids is 1. The summed E-state index contributed by atoms with van der Waals surface area (Å²) in [6, 6.07) is 8.37. The molecule has 0 bridgehead atoms.